The summed E-state index contributed by atoms with van der Waals surface area (Å²) in [6.45, 7) is 8.83. The second-order valence-electron chi connectivity index (χ2n) is 8.24. The van der Waals surface area contributed by atoms with E-state index < -0.39 is 24.0 Å². The van der Waals surface area contributed by atoms with Gasteiger partial charge in [0, 0.05) is 23.7 Å². The van der Waals surface area contributed by atoms with Crippen LogP contribution in [0.1, 0.15) is 63.2 Å². The van der Waals surface area contributed by atoms with Crippen molar-refractivity contribution in [1.29, 1.82) is 0 Å². The van der Waals surface area contributed by atoms with Gasteiger partial charge in [-0.15, -0.1) is 0 Å². The lowest BCUT2D eigenvalue weighted by Crippen LogP contribution is -2.53. The summed E-state index contributed by atoms with van der Waals surface area (Å²) in [7, 11) is 0. The quantitative estimate of drug-likeness (QED) is 0.468. The molecule has 2 heterocycles. The molecule has 0 bridgehead atoms. The number of aryl methyl sites for hydroxylation is 2. The number of piperidine rings is 1. The molecule has 2 atom stereocenters. The zero-order valence-corrected chi connectivity index (χ0v) is 18.2. The van der Waals surface area contributed by atoms with Crippen molar-refractivity contribution in [1.82, 2.24) is 25.9 Å². The number of carbonyl (C=O) groups is 3. The Morgan fingerprint density at radius 1 is 1.17 bits per heavy atom. The summed E-state index contributed by atoms with van der Waals surface area (Å²) in [6, 6.07) is 0.0729. The largest absolute Gasteiger partial charge is 0.480 e. The van der Waals surface area contributed by atoms with Crippen LogP contribution in [0.3, 0.4) is 0 Å². The van der Waals surface area contributed by atoms with Crippen molar-refractivity contribution in [2.75, 3.05) is 13.1 Å². The van der Waals surface area contributed by atoms with Gasteiger partial charge in [0.15, 0.2) is 0 Å². The van der Waals surface area contributed by atoms with Crippen LogP contribution in [-0.2, 0) is 20.8 Å². The lowest BCUT2D eigenvalue weighted by molar-refractivity contribution is -0.142. The first kappa shape index (κ1) is 23.7. The summed E-state index contributed by atoms with van der Waals surface area (Å²) in [5.74, 6) is -0.896. The number of nitrogens with one attached hydrogen (secondary N) is 3. The van der Waals surface area contributed by atoms with Gasteiger partial charge in [0.25, 0.3) is 0 Å². The molecule has 0 radical (unpaired) electrons. The Bertz CT molecular complexity index is 762. The number of carbonyl (C=O) groups excluding carboxylic acids is 2. The molecule has 0 saturated carbocycles. The molecular formula is C21H33N5O4. The Morgan fingerprint density at radius 3 is 2.43 bits per heavy atom. The molecule has 1 aliphatic heterocycles. The van der Waals surface area contributed by atoms with E-state index in [9.17, 15) is 14.4 Å². The average molecular weight is 420 g/mol. The van der Waals surface area contributed by atoms with Crippen LogP contribution >= 0.6 is 0 Å². The summed E-state index contributed by atoms with van der Waals surface area (Å²) < 4.78 is 0. The van der Waals surface area contributed by atoms with Gasteiger partial charge < -0.3 is 21.1 Å². The Hall–Kier alpha value is -2.55. The standard InChI is InChI=1S/C21H33N5O4/c1-12(2)18(20(28)24-14(4)21(29)30)26-17(27)6-5-16-11-13(3)23-19(25-16)15-7-9-22-10-8-15/h11-12,14-15,18,22H,5-10H2,1-4H3,(H,24,28)(H,26,27)(H,29,30)/t14-,18-/m0/s1. The van der Waals surface area contributed by atoms with Crippen molar-refractivity contribution >= 4 is 17.8 Å². The molecule has 0 aliphatic carbocycles. The van der Waals surface area contributed by atoms with E-state index >= 15 is 0 Å². The molecule has 0 unspecified atom stereocenters. The molecule has 166 valence electrons. The molecule has 2 rings (SSSR count). The molecule has 9 heteroatoms. The summed E-state index contributed by atoms with van der Waals surface area (Å²) in [5, 5.41) is 17.4. The number of aliphatic carboxylic acids is 1. The number of hydrogen-bond acceptors (Lipinski definition) is 6. The molecule has 0 aromatic carbocycles. The summed E-state index contributed by atoms with van der Waals surface area (Å²) in [6.07, 6.45) is 2.64. The van der Waals surface area contributed by atoms with Gasteiger partial charge in [-0.2, -0.15) is 0 Å². The number of amides is 2. The number of rotatable bonds is 9. The smallest absolute Gasteiger partial charge is 0.325 e. The van der Waals surface area contributed by atoms with Crippen LogP contribution < -0.4 is 16.0 Å². The fourth-order valence-electron chi connectivity index (χ4n) is 3.44. The lowest BCUT2D eigenvalue weighted by atomic mass is 9.97. The SMILES string of the molecule is Cc1cc(CCC(=O)N[C@H](C(=O)N[C@@H](C)C(=O)O)C(C)C)nc(C2CCNCC2)n1. The fraction of sp³-hybridized carbons (Fsp3) is 0.667. The molecule has 1 aliphatic rings. The fourth-order valence-corrected chi connectivity index (χ4v) is 3.44. The number of nitrogens with zero attached hydrogens (tertiary/aromatic N) is 2. The highest BCUT2D eigenvalue weighted by Crippen LogP contribution is 2.22. The van der Waals surface area contributed by atoms with Crippen molar-refractivity contribution in [2.24, 2.45) is 5.92 Å². The maximum atomic E-state index is 12.5. The molecule has 0 spiro atoms. The molecule has 4 N–H and O–H groups in total. The van der Waals surface area contributed by atoms with Crippen LogP contribution in [0.25, 0.3) is 0 Å². The van der Waals surface area contributed by atoms with Crippen LogP contribution in [0.15, 0.2) is 6.07 Å². The van der Waals surface area contributed by atoms with Crippen molar-refractivity contribution in [2.45, 2.75) is 71.4 Å². The van der Waals surface area contributed by atoms with Crippen LogP contribution in [0, 0.1) is 12.8 Å². The van der Waals surface area contributed by atoms with E-state index in [1.165, 1.54) is 6.92 Å². The minimum atomic E-state index is -1.12. The number of hydrogen-bond donors (Lipinski definition) is 4. The van der Waals surface area contributed by atoms with Crippen molar-refractivity contribution in [3.05, 3.63) is 23.3 Å². The number of aromatic nitrogens is 2. The summed E-state index contributed by atoms with van der Waals surface area (Å²) in [4.78, 5) is 45.0. The third-order valence-corrected chi connectivity index (χ3v) is 5.23. The van der Waals surface area contributed by atoms with E-state index in [1.807, 2.05) is 13.0 Å². The van der Waals surface area contributed by atoms with Crippen molar-refractivity contribution in [3.63, 3.8) is 0 Å². The molecule has 30 heavy (non-hydrogen) atoms. The molecule has 2 amide bonds. The van der Waals surface area contributed by atoms with Gasteiger partial charge in [0.05, 0.1) is 0 Å². The summed E-state index contributed by atoms with van der Waals surface area (Å²) >= 11 is 0. The highest BCUT2D eigenvalue weighted by molar-refractivity contribution is 5.90. The van der Waals surface area contributed by atoms with Crippen LogP contribution in [0.4, 0.5) is 0 Å². The summed E-state index contributed by atoms with van der Waals surface area (Å²) in [5.41, 5.74) is 1.70. The molecule has 1 saturated heterocycles. The number of carboxylic acid groups (broad SMARTS) is 1. The first-order valence-electron chi connectivity index (χ1n) is 10.5. The van der Waals surface area contributed by atoms with Gasteiger partial charge in [-0.1, -0.05) is 13.8 Å². The van der Waals surface area contributed by atoms with E-state index in [4.69, 9.17) is 5.11 Å². The topological polar surface area (TPSA) is 133 Å². The van der Waals surface area contributed by atoms with Crippen LogP contribution in [-0.4, -0.2) is 58.0 Å². The Labute approximate surface area is 177 Å². The van der Waals surface area contributed by atoms with E-state index in [-0.39, 0.29) is 18.2 Å². The monoisotopic (exact) mass is 419 g/mol. The van der Waals surface area contributed by atoms with Gasteiger partial charge in [-0.3, -0.25) is 14.4 Å². The molecule has 1 aromatic heterocycles. The zero-order chi connectivity index (χ0) is 22.3. The van der Waals surface area contributed by atoms with Gasteiger partial charge in [0.1, 0.15) is 17.9 Å². The lowest BCUT2D eigenvalue weighted by Gasteiger charge is -2.23. The van der Waals surface area contributed by atoms with E-state index in [0.29, 0.717) is 12.3 Å². The predicted molar refractivity (Wildman–Crippen MR) is 112 cm³/mol. The Morgan fingerprint density at radius 2 is 1.83 bits per heavy atom. The first-order valence-corrected chi connectivity index (χ1v) is 10.5. The predicted octanol–water partition coefficient (Wildman–Crippen LogP) is 0.915. The van der Waals surface area contributed by atoms with Crippen molar-refractivity contribution < 1.29 is 19.5 Å². The maximum absolute atomic E-state index is 12.5. The van der Waals surface area contributed by atoms with Crippen molar-refractivity contribution in [3.8, 4) is 0 Å². The van der Waals surface area contributed by atoms with Gasteiger partial charge >= 0.3 is 5.97 Å². The Kier molecular flexibility index (Phi) is 8.71. The molecular weight excluding hydrogens is 386 g/mol. The van der Waals surface area contributed by atoms with Gasteiger partial charge in [-0.05, 0) is 58.2 Å². The Balaban J connectivity index is 1.96. The zero-order valence-electron chi connectivity index (χ0n) is 18.2. The second-order valence-corrected chi connectivity index (χ2v) is 8.24. The number of carboxylic acids is 1. The van der Waals surface area contributed by atoms with E-state index in [0.717, 1.165) is 43.1 Å². The minimum Gasteiger partial charge on any atom is -0.480 e. The second kappa shape index (κ2) is 11.0. The maximum Gasteiger partial charge on any atom is 0.325 e. The molecule has 1 aromatic rings. The third kappa shape index (κ3) is 7.05. The van der Waals surface area contributed by atoms with Crippen LogP contribution in [0.2, 0.25) is 0 Å². The molecule has 1 fully saturated rings. The normalized spacial score (nSPS) is 16.7. The van der Waals surface area contributed by atoms with Gasteiger partial charge in [0.2, 0.25) is 11.8 Å². The average Bonchev–Trinajstić information content (AvgIpc) is 2.70. The van der Waals surface area contributed by atoms with E-state index in [1.54, 1.807) is 13.8 Å². The third-order valence-electron chi connectivity index (χ3n) is 5.23. The highest BCUT2D eigenvalue weighted by atomic mass is 16.4. The van der Waals surface area contributed by atoms with Crippen LogP contribution in [0.5, 0.6) is 0 Å². The first-order chi connectivity index (χ1) is 14.2. The van der Waals surface area contributed by atoms with Gasteiger partial charge in [-0.25, -0.2) is 9.97 Å². The molecule has 9 nitrogen and oxygen atoms in total. The minimum absolute atomic E-state index is 0.178. The van der Waals surface area contributed by atoms with E-state index in [2.05, 4.69) is 25.9 Å². The highest BCUT2D eigenvalue weighted by Gasteiger charge is 2.27.